The lowest BCUT2D eigenvalue weighted by Gasteiger charge is -2.14. The normalized spacial score (nSPS) is 10.7. The van der Waals surface area contributed by atoms with Crippen LogP contribution in [0.25, 0.3) is 32.7 Å². The van der Waals surface area contributed by atoms with Crippen LogP contribution in [0.2, 0.25) is 0 Å². The van der Waals surface area contributed by atoms with Gasteiger partial charge >= 0.3 is 0 Å². The molecule has 0 unspecified atom stereocenters. The second-order valence-electron chi connectivity index (χ2n) is 7.87. The Bertz CT molecular complexity index is 1660. The summed E-state index contributed by atoms with van der Waals surface area (Å²) >= 11 is 1.23. The smallest absolute Gasteiger partial charge is 0.259 e. The second-order valence-corrected chi connectivity index (χ2v) is 8.85. The first-order valence-corrected chi connectivity index (χ1v) is 11.7. The van der Waals surface area contributed by atoms with Crippen molar-refractivity contribution in [1.29, 1.82) is 5.26 Å². The van der Waals surface area contributed by atoms with E-state index >= 15 is 0 Å². The van der Waals surface area contributed by atoms with Crippen molar-refractivity contribution in [3.63, 3.8) is 0 Å². The molecule has 7 nitrogen and oxygen atoms in total. The summed E-state index contributed by atoms with van der Waals surface area (Å²) in [6, 6.07) is 19.0. The Balaban J connectivity index is 1.48. The molecule has 2 aromatic carbocycles. The van der Waals surface area contributed by atoms with Crippen LogP contribution >= 0.6 is 11.3 Å². The molecule has 9 heteroatoms. The number of pyridine rings is 2. The number of nitrogens with zero attached hydrogens (tertiary/aromatic N) is 4. The number of aromatic nitrogens is 3. The lowest BCUT2D eigenvalue weighted by atomic mass is 9.98. The van der Waals surface area contributed by atoms with E-state index in [0.29, 0.717) is 38.0 Å². The van der Waals surface area contributed by atoms with Crippen LogP contribution in [0.4, 0.5) is 9.52 Å². The molecular formula is C27H18FN5O2S. The number of anilines is 1. The van der Waals surface area contributed by atoms with E-state index in [1.165, 1.54) is 30.7 Å². The molecular weight excluding hydrogens is 477 g/mol. The molecule has 0 spiro atoms. The van der Waals surface area contributed by atoms with Crippen LogP contribution in [0.3, 0.4) is 0 Å². The molecule has 3 aromatic heterocycles. The summed E-state index contributed by atoms with van der Waals surface area (Å²) in [4.78, 5) is 27.3. The topological polar surface area (TPSA) is 101 Å². The molecule has 0 saturated heterocycles. The largest absolute Gasteiger partial charge is 0.496 e. The number of ether oxygens (including phenoxy) is 1. The van der Waals surface area contributed by atoms with Crippen molar-refractivity contribution >= 4 is 32.7 Å². The van der Waals surface area contributed by atoms with Gasteiger partial charge in [0.05, 0.1) is 35.6 Å². The number of rotatable bonds is 5. The highest BCUT2D eigenvalue weighted by molar-refractivity contribution is 7.22. The first kappa shape index (κ1) is 23.1. The third-order valence-corrected chi connectivity index (χ3v) is 6.42. The Labute approximate surface area is 209 Å². The summed E-state index contributed by atoms with van der Waals surface area (Å²) in [5, 5.41) is 12.1. The van der Waals surface area contributed by atoms with Crippen molar-refractivity contribution in [1.82, 2.24) is 15.0 Å². The Morgan fingerprint density at radius 2 is 1.92 bits per heavy atom. The molecule has 3 heterocycles. The fourth-order valence-electron chi connectivity index (χ4n) is 3.79. The zero-order chi connectivity index (χ0) is 25.2. The number of carbonyl (C=O) groups excluding carboxylic acids is 1. The predicted molar refractivity (Wildman–Crippen MR) is 136 cm³/mol. The molecule has 5 aromatic rings. The highest BCUT2D eigenvalue weighted by atomic mass is 32.1. The highest BCUT2D eigenvalue weighted by Gasteiger charge is 2.21. The van der Waals surface area contributed by atoms with Gasteiger partial charge in [0.2, 0.25) is 0 Å². The number of hydrogen-bond donors (Lipinski definition) is 1. The zero-order valence-electron chi connectivity index (χ0n) is 19.2. The minimum absolute atomic E-state index is 0.189. The van der Waals surface area contributed by atoms with Gasteiger partial charge < -0.3 is 4.74 Å². The van der Waals surface area contributed by atoms with E-state index in [1.807, 2.05) is 24.3 Å². The quantitative estimate of drug-likeness (QED) is 0.321. The molecule has 0 aliphatic heterocycles. The average molecular weight is 496 g/mol. The summed E-state index contributed by atoms with van der Waals surface area (Å²) in [7, 11) is 1.45. The second kappa shape index (κ2) is 9.52. The minimum Gasteiger partial charge on any atom is -0.496 e. The van der Waals surface area contributed by atoms with Gasteiger partial charge in [0.15, 0.2) is 5.13 Å². The van der Waals surface area contributed by atoms with Crippen molar-refractivity contribution < 1.29 is 13.9 Å². The lowest BCUT2D eigenvalue weighted by molar-refractivity contribution is 0.102. The summed E-state index contributed by atoms with van der Waals surface area (Å²) < 4.78 is 20.2. The number of carbonyl (C=O) groups is 1. The van der Waals surface area contributed by atoms with Crippen LogP contribution in [0.15, 0.2) is 66.9 Å². The predicted octanol–water partition coefficient (Wildman–Crippen LogP) is 6.00. The molecule has 0 aliphatic rings. The highest BCUT2D eigenvalue weighted by Crippen LogP contribution is 2.35. The number of methoxy groups -OCH3 is 1. The van der Waals surface area contributed by atoms with E-state index in [-0.39, 0.29) is 11.1 Å². The van der Waals surface area contributed by atoms with Crippen LogP contribution in [-0.2, 0) is 0 Å². The molecule has 0 aliphatic carbocycles. The van der Waals surface area contributed by atoms with E-state index in [4.69, 9.17) is 10.00 Å². The van der Waals surface area contributed by atoms with Gasteiger partial charge in [-0.2, -0.15) is 5.26 Å². The summed E-state index contributed by atoms with van der Waals surface area (Å²) in [5.41, 5.74) is 4.17. The summed E-state index contributed by atoms with van der Waals surface area (Å²) in [6.07, 6.45) is 1.42. The van der Waals surface area contributed by atoms with Crippen LogP contribution in [-0.4, -0.2) is 28.0 Å². The van der Waals surface area contributed by atoms with E-state index in [9.17, 15) is 9.18 Å². The fourth-order valence-corrected chi connectivity index (χ4v) is 4.63. The van der Waals surface area contributed by atoms with E-state index in [0.717, 1.165) is 11.3 Å². The number of aryl methyl sites for hydroxylation is 1. The summed E-state index contributed by atoms with van der Waals surface area (Å²) in [5.74, 6) is -0.670. The van der Waals surface area contributed by atoms with Gasteiger partial charge in [-0.3, -0.25) is 15.1 Å². The third-order valence-electron chi connectivity index (χ3n) is 5.54. The number of benzene rings is 2. The Hall–Kier alpha value is -4.68. The van der Waals surface area contributed by atoms with Crippen molar-refractivity contribution in [3.8, 4) is 34.2 Å². The average Bonchev–Trinajstić information content (AvgIpc) is 3.29. The van der Waals surface area contributed by atoms with Gasteiger partial charge in [-0.25, -0.2) is 14.4 Å². The van der Waals surface area contributed by atoms with E-state index in [2.05, 4.69) is 26.3 Å². The first-order valence-electron chi connectivity index (χ1n) is 10.9. The zero-order valence-corrected chi connectivity index (χ0v) is 20.1. The van der Waals surface area contributed by atoms with Crippen LogP contribution in [0.1, 0.15) is 21.6 Å². The van der Waals surface area contributed by atoms with Gasteiger partial charge in [-0.1, -0.05) is 29.5 Å². The Morgan fingerprint density at radius 3 is 2.67 bits per heavy atom. The first-order chi connectivity index (χ1) is 17.5. The molecule has 5 rings (SSSR count). The monoisotopic (exact) mass is 495 g/mol. The van der Waals surface area contributed by atoms with Crippen LogP contribution in [0, 0.1) is 24.1 Å². The van der Waals surface area contributed by atoms with Crippen molar-refractivity contribution in [2.75, 3.05) is 12.4 Å². The number of thiazole rings is 1. The summed E-state index contributed by atoms with van der Waals surface area (Å²) in [6.45, 7) is 1.77. The molecule has 0 atom stereocenters. The molecule has 176 valence electrons. The van der Waals surface area contributed by atoms with Crippen LogP contribution in [0.5, 0.6) is 5.75 Å². The Kier molecular flexibility index (Phi) is 6.10. The molecule has 0 saturated carbocycles. The number of fused-ring (bicyclic) bond motifs is 1. The number of nitriles is 1. The molecule has 36 heavy (non-hydrogen) atoms. The van der Waals surface area contributed by atoms with Gasteiger partial charge in [-0.15, -0.1) is 0 Å². The fraction of sp³-hybridized carbons (Fsp3) is 0.0741. The number of hydrogen-bond acceptors (Lipinski definition) is 7. The van der Waals surface area contributed by atoms with Crippen molar-refractivity contribution in [3.05, 3.63) is 89.5 Å². The third kappa shape index (κ3) is 4.37. The van der Waals surface area contributed by atoms with E-state index in [1.54, 1.807) is 37.3 Å². The molecule has 0 radical (unpaired) electrons. The Morgan fingerprint density at radius 1 is 1.11 bits per heavy atom. The van der Waals surface area contributed by atoms with Gasteiger partial charge in [0.1, 0.15) is 21.9 Å². The lowest BCUT2D eigenvalue weighted by Crippen LogP contribution is -2.14. The van der Waals surface area contributed by atoms with Crippen molar-refractivity contribution in [2.24, 2.45) is 0 Å². The maximum atomic E-state index is 14.8. The minimum atomic E-state index is -0.506. The maximum absolute atomic E-state index is 14.8. The van der Waals surface area contributed by atoms with Crippen molar-refractivity contribution in [2.45, 2.75) is 6.92 Å². The van der Waals surface area contributed by atoms with Gasteiger partial charge in [0.25, 0.3) is 5.91 Å². The number of halogens is 1. The number of amides is 1. The molecule has 1 amide bonds. The molecule has 1 N–H and O–H groups in total. The molecule has 0 fully saturated rings. The van der Waals surface area contributed by atoms with Gasteiger partial charge in [0, 0.05) is 23.0 Å². The number of nitrogens with one attached hydrogen (secondary N) is 1. The molecule has 0 bridgehead atoms. The standard InChI is InChI=1S/C27H18FN5O2S/c1-15-12-18(24-20(28)4-3-5-23(24)35-2)19(14-30-15)25(34)33-27-32-22-11-10-21(31-26(22)36-27)17-8-6-16(13-29)7-9-17/h3-12,14H,1-2H3,(H,32,33,34). The SMILES string of the molecule is COc1cccc(F)c1-c1cc(C)ncc1C(=O)Nc1nc2ccc(-c3ccc(C#N)cc3)nc2s1. The van der Waals surface area contributed by atoms with Gasteiger partial charge in [-0.05, 0) is 49.4 Å². The van der Waals surface area contributed by atoms with E-state index < -0.39 is 11.7 Å². The maximum Gasteiger partial charge on any atom is 0.259 e. The van der Waals surface area contributed by atoms with Crippen LogP contribution < -0.4 is 10.1 Å².